The fraction of sp³-hybridized carbons (Fsp3) is 0.647. The van der Waals surface area contributed by atoms with E-state index in [-0.39, 0.29) is 10.3 Å². The van der Waals surface area contributed by atoms with Gasteiger partial charge >= 0.3 is 0 Å². The van der Waals surface area contributed by atoms with Gasteiger partial charge in [0.05, 0.1) is 28.4 Å². The highest BCUT2D eigenvalue weighted by molar-refractivity contribution is 7.84. The van der Waals surface area contributed by atoms with E-state index in [9.17, 15) is 4.21 Å². The van der Waals surface area contributed by atoms with Crippen molar-refractivity contribution in [3.63, 3.8) is 0 Å². The Bertz CT molecular complexity index is 502. The van der Waals surface area contributed by atoms with Crippen molar-refractivity contribution < 1.29 is 8.95 Å². The summed E-state index contributed by atoms with van der Waals surface area (Å²) < 4.78 is 21.2. The fourth-order valence-electron chi connectivity index (χ4n) is 2.86. The molecule has 1 aromatic rings. The van der Waals surface area contributed by atoms with Crippen molar-refractivity contribution in [3.05, 3.63) is 29.8 Å². The number of rotatable bonds is 4. The van der Waals surface area contributed by atoms with Crippen LogP contribution in [0.4, 0.5) is 0 Å². The smallest absolute Gasteiger partial charge is 0.119 e. The van der Waals surface area contributed by atoms with Gasteiger partial charge in [-0.25, -0.2) is 8.93 Å². The van der Waals surface area contributed by atoms with Gasteiger partial charge in [-0.1, -0.05) is 31.4 Å². The average Bonchev–Trinajstić information content (AvgIpc) is 2.47. The van der Waals surface area contributed by atoms with Crippen LogP contribution in [0, 0.1) is 0 Å². The molecule has 0 aliphatic heterocycles. The highest BCUT2D eigenvalue weighted by Crippen LogP contribution is 2.39. The quantitative estimate of drug-likeness (QED) is 0.916. The zero-order valence-electron chi connectivity index (χ0n) is 13.6. The van der Waals surface area contributed by atoms with E-state index in [0.29, 0.717) is 0 Å². The van der Waals surface area contributed by atoms with Crippen LogP contribution >= 0.6 is 0 Å². The molecule has 4 heteroatoms. The first kappa shape index (κ1) is 16.5. The second-order valence-corrected chi connectivity index (χ2v) is 8.82. The maximum absolute atomic E-state index is 12.6. The van der Waals surface area contributed by atoms with Gasteiger partial charge in [0.1, 0.15) is 5.75 Å². The first-order valence-corrected chi connectivity index (χ1v) is 8.87. The van der Waals surface area contributed by atoms with Crippen LogP contribution in [0.5, 0.6) is 5.75 Å². The van der Waals surface area contributed by atoms with Crippen molar-refractivity contribution in [2.45, 2.75) is 63.2 Å². The molecule has 21 heavy (non-hydrogen) atoms. The zero-order valence-corrected chi connectivity index (χ0v) is 14.4. The minimum absolute atomic E-state index is 0.190. The Morgan fingerprint density at radius 2 is 1.86 bits per heavy atom. The predicted octanol–water partition coefficient (Wildman–Crippen LogP) is 3.91. The summed E-state index contributed by atoms with van der Waals surface area (Å²) in [6.07, 6.45) is 5.66. The Morgan fingerprint density at radius 3 is 2.43 bits per heavy atom. The summed E-state index contributed by atoms with van der Waals surface area (Å²) in [4.78, 5) is 0. The van der Waals surface area contributed by atoms with E-state index in [1.807, 2.05) is 32.9 Å². The number of methoxy groups -OCH3 is 1. The second-order valence-electron chi connectivity index (χ2n) is 6.86. The van der Waals surface area contributed by atoms with Crippen molar-refractivity contribution >= 4 is 11.0 Å². The summed E-state index contributed by atoms with van der Waals surface area (Å²) >= 11 is 0. The molecule has 0 amide bonds. The summed E-state index contributed by atoms with van der Waals surface area (Å²) in [6.45, 7) is 6.04. The van der Waals surface area contributed by atoms with Gasteiger partial charge in [0, 0.05) is 0 Å². The molecule has 1 aromatic carbocycles. The van der Waals surface area contributed by atoms with Crippen LogP contribution in [0.25, 0.3) is 0 Å². The van der Waals surface area contributed by atoms with Gasteiger partial charge in [-0.15, -0.1) is 0 Å². The SMILES string of the molecule is COc1cccc(C2(N[S@@](=O)C(C)(C)C)CCCCC2)c1. The number of nitrogens with one attached hydrogen (secondary N) is 1. The van der Waals surface area contributed by atoms with Crippen LogP contribution in [0.15, 0.2) is 24.3 Å². The molecule has 1 N–H and O–H groups in total. The molecule has 0 saturated heterocycles. The molecule has 118 valence electrons. The largest absolute Gasteiger partial charge is 0.497 e. The van der Waals surface area contributed by atoms with E-state index in [2.05, 4.69) is 16.9 Å². The van der Waals surface area contributed by atoms with Crippen LogP contribution in [0.2, 0.25) is 0 Å². The monoisotopic (exact) mass is 309 g/mol. The van der Waals surface area contributed by atoms with Gasteiger partial charge in [-0.05, 0) is 51.3 Å². The number of benzene rings is 1. The van der Waals surface area contributed by atoms with Crippen molar-refractivity contribution in [1.82, 2.24) is 4.72 Å². The lowest BCUT2D eigenvalue weighted by Gasteiger charge is -2.40. The normalized spacial score (nSPS) is 20.0. The Balaban J connectivity index is 2.34. The molecule has 0 radical (unpaired) electrons. The second kappa shape index (κ2) is 6.49. The maximum Gasteiger partial charge on any atom is 0.119 e. The fourth-order valence-corrected chi connectivity index (χ4v) is 3.84. The highest BCUT2D eigenvalue weighted by atomic mass is 32.2. The Hall–Kier alpha value is -0.870. The third-order valence-electron chi connectivity index (χ3n) is 4.17. The summed E-state index contributed by atoms with van der Waals surface area (Å²) in [7, 11) is 0.614. The third-order valence-corrected chi connectivity index (χ3v) is 5.86. The van der Waals surface area contributed by atoms with Crippen molar-refractivity contribution in [2.24, 2.45) is 0 Å². The highest BCUT2D eigenvalue weighted by Gasteiger charge is 2.37. The predicted molar refractivity (Wildman–Crippen MR) is 88.8 cm³/mol. The lowest BCUT2D eigenvalue weighted by Crippen LogP contribution is -2.49. The maximum atomic E-state index is 12.6. The molecule has 1 aliphatic carbocycles. The van der Waals surface area contributed by atoms with E-state index >= 15 is 0 Å². The Morgan fingerprint density at radius 1 is 1.19 bits per heavy atom. The molecule has 2 rings (SSSR count). The van der Waals surface area contributed by atoms with E-state index in [1.165, 1.54) is 24.8 Å². The van der Waals surface area contributed by atoms with E-state index in [1.54, 1.807) is 7.11 Å². The van der Waals surface area contributed by atoms with Crippen LogP contribution in [-0.4, -0.2) is 16.1 Å². The van der Waals surface area contributed by atoms with Crippen LogP contribution in [-0.2, 0) is 16.5 Å². The van der Waals surface area contributed by atoms with Gasteiger partial charge in [0.2, 0.25) is 0 Å². The van der Waals surface area contributed by atoms with Crippen molar-refractivity contribution in [2.75, 3.05) is 7.11 Å². The molecule has 0 aromatic heterocycles. The summed E-state index contributed by atoms with van der Waals surface area (Å²) in [5.74, 6) is 0.862. The molecule has 1 fully saturated rings. The van der Waals surface area contributed by atoms with Gasteiger partial charge < -0.3 is 4.74 Å². The van der Waals surface area contributed by atoms with Crippen LogP contribution in [0.1, 0.15) is 58.4 Å². The molecule has 0 spiro atoms. The summed E-state index contributed by atoms with van der Waals surface area (Å²) in [5, 5.41) is 0. The first-order chi connectivity index (χ1) is 9.87. The van der Waals surface area contributed by atoms with Gasteiger partial charge in [-0.2, -0.15) is 0 Å². The average molecular weight is 309 g/mol. The van der Waals surface area contributed by atoms with Crippen molar-refractivity contribution in [1.29, 1.82) is 0 Å². The minimum atomic E-state index is -1.07. The minimum Gasteiger partial charge on any atom is -0.497 e. The van der Waals surface area contributed by atoms with E-state index < -0.39 is 11.0 Å². The van der Waals surface area contributed by atoms with Crippen molar-refractivity contribution in [3.8, 4) is 5.75 Å². The van der Waals surface area contributed by atoms with Gasteiger partial charge in [-0.3, -0.25) is 0 Å². The molecule has 3 nitrogen and oxygen atoms in total. The molecule has 1 saturated carbocycles. The number of hydrogen-bond donors (Lipinski definition) is 1. The third kappa shape index (κ3) is 3.86. The van der Waals surface area contributed by atoms with Crippen LogP contribution < -0.4 is 9.46 Å². The zero-order chi connectivity index (χ0) is 15.5. The molecule has 0 bridgehead atoms. The molecule has 1 aliphatic rings. The number of ether oxygens (including phenoxy) is 1. The molecule has 0 heterocycles. The molecular weight excluding hydrogens is 282 g/mol. The number of hydrogen-bond acceptors (Lipinski definition) is 2. The van der Waals surface area contributed by atoms with Gasteiger partial charge in [0.15, 0.2) is 0 Å². The lowest BCUT2D eigenvalue weighted by atomic mass is 9.77. The molecular formula is C17H27NO2S. The summed E-state index contributed by atoms with van der Waals surface area (Å²) in [6, 6.07) is 8.19. The molecule has 0 unspecified atom stereocenters. The molecule has 1 atom stereocenters. The standard InChI is InChI=1S/C17H27NO2S/c1-16(2,3)21(19)18-17(11-6-5-7-12-17)14-9-8-10-15(13-14)20-4/h8-10,13,18H,5-7,11-12H2,1-4H3/t21-/m0/s1. The van der Waals surface area contributed by atoms with Gasteiger partial charge in [0.25, 0.3) is 0 Å². The van der Waals surface area contributed by atoms with E-state index in [0.717, 1.165) is 18.6 Å². The van der Waals surface area contributed by atoms with Crippen LogP contribution in [0.3, 0.4) is 0 Å². The summed E-state index contributed by atoms with van der Waals surface area (Å²) in [5.41, 5.74) is 1.00. The first-order valence-electron chi connectivity index (χ1n) is 7.72. The Labute approximate surface area is 131 Å². The Kier molecular flexibility index (Phi) is 5.10. The topological polar surface area (TPSA) is 38.3 Å². The van der Waals surface area contributed by atoms with E-state index in [4.69, 9.17) is 4.74 Å². The lowest BCUT2D eigenvalue weighted by molar-refractivity contribution is 0.275.